The first kappa shape index (κ1) is 13.7. The van der Waals surface area contributed by atoms with Gasteiger partial charge >= 0.3 is 0 Å². The lowest BCUT2D eigenvalue weighted by atomic mass is 10.1. The van der Waals surface area contributed by atoms with Gasteiger partial charge in [-0.3, -0.25) is 0 Å². The van der Waals surface area contributed by atoms with Gasteiger partial charge in [0.05, 0.1) is 6.54 Å². The molecule has 0 saturated carbocycles. The van der Waals surface area contributed by atoms with E-state index in [-0.39, 0.29) is 0 Å². The van der Waals surface area contributed by atoms with Crippen molar-refractivity contribution in [2.24, 2.45) is 0 Å². The van der Waals surface area contributed by atoms with Crippen molar-refractivity contribution in [1.82, 2.24) is 20.1 Å². The summed E-state index contributed by atoms with van der Waals surface area (Å²) in [5.41, 5.74) is 2.62. The summed E-state index contributed by atoms with van der Waals surface area (Å²) in [4.78, 5) is 4.56. The van der Waals surface area contributed by atoms with Gasteiger partial charge < -0.3 is 5.32 Å². The first-order chi connectivity index (χ1) is 9.28. The molecule has 0 unspecified atom stereocenters. The van der Waals surface area contributed by atoms with Crippen LogP contribution in [-0.4, -0.2) is 21.8 Å². The van der Waals surface area contributed by atoms with Gasteiger partial charge in [0, 0.05) is 19.4 Å². The van der Waals surface area contributed by atoms with E-state index in [9.17, 15) is 0 Å². The van der Waals surface area contributed by atoms with Crippen LogP contribution in [0.1, 0.15) is 36.6 Å². The minimum atomic E-state index is 0.800. The maximum absolute atomic E-state index is 4.58. The molecule has 0 saturated heterocycles. The highest BCUT2D eigenvalue weighted by molar-refractivity contribution is 5.27. The topological polar surface area (TPSA) is 42.7 Å². The largest absolute Gasteiger partial charge is 0.316 e. The molecule has 0 atom stereocenters. The molecule has 0 bridgehead atoms. The molecule has 2 rings (SSSR count). The fourth-order valence-electron chi connectivity index (χ4n) is 2.20. The van der Waals surface area contributed by atoms with E-state index in [4.69, 9.17) is 0 Å². The Bertz CT molecular complexity index is 531. The molecule has 0 fully saturated rings. The zero-order valence-electron chi connectivity index (χ0n) is 12.0. The molecule has 0 aliphatic heterocycles. The van der Waals surface area contributed by atoms with Crippen LogP contribution in [0, 0.1) is 0 Å². The molecule has 0 radical (unpaired) electrons. The molecule has 0 amide bonds. The van der Waals surface area contributed by atoms with Crippen molar-refractivity contribution in [3.63, 3.8) is 0 Å². The van der Waals surface area contributed by atoms with E-state index < -0.39 is 0 Å². The summed E-state index contributed by atoms with van der Waals surface area (Å²) in [6, 6.07) is 8.49. The van der Waals surface area contributed by atoms with Gasteiger partial charge in [0.1, 0.15) is 5.82 Å². The first-order valence-corrected chi connectivity index (χ1v) is 6.92. The summed E-state index contributed by atoms with van der Waals surface area (Å²) in [6.07, 6.45) is 1.80. The van der Waals surface area contributed by atoms with Crippen LogP contribution in [0.25, 0.3) is 0 Å². The summed E-state index contributed by atoms with van der Waals surface area (Å²) in [5, 5.41) is 7.79. The summed E-state index contributed by atoms with van der Waals surface area (Å²) >= 11 is 0. The Morgan fingerprint density at radius 2 is 1.84 bits per heavy atom. The van der Waals surface area contributed by atoms with E-state index in [1.165, 1.54) is 11.1 Å². The van der Waals surface area contributed by atoms with Crippen LogP contribution in [0.15, 0.2) is 24.3 Å². The maximum atomic E-state index is 4.58. The van der Waals surface area contributed by atoms with E-state index in [2.05, 4.69) is 53.5 Å². The minimum Gasteiger partial charge on any atom is -0.316 e. The second-order valence-corrected chi connectivity index (χ2v) is 4.61. The average Bonchev–Trinajstić information content (AvgIpc) is 2.83. The third kappa shape index (κ3) is 3.20. The maximum Gasteiger partial charge on any atom is 0.150 e. The number of benzene rings is 1. The molecular weight excluding hydrogens is 236 g/mol. The molecule has 2 aromatic rings. The Labute approximate surface area is 114 Å². The van der Waals surface area contributed by atoms with Gasteiger partial charge in [-0.15, -0.1) is 0 Å². The third-order valence-electron chi connectivity index (χ3n) is 3.23. The SMILES string of the molecule is CCc1nc(CC)n(Cc2ccccc2CNC)n1. The molecule has 1 N–H and O–H groups in total. The van der Waals surface area contributed by atoms with Crippen LogP contribution < -0.4 is 5.32 Å². The standard InChI is InChI=1S/C15H22N4/c1-4-14-17-15(5-2)19(18-14)11-13-9-7-6-8-12(13)10-16-3/h6-9,16H,4-5,10-11H2,1-3H3. The molecule has 0 spiro atoms. The molecule has 1 aromatic carbocycles. The Balaban J connectivity index is 2.27. The van der Waals surface area contributed by atoms with Crippen molar-refractivity contribution >= 4 is 0 Å². The van der Waals surface area contributed by atoms with Crippen molar-refractivity contribution in [2.75, 3.05) is 7.05 Å². The molecule has 0 aliphatic carbocycles. The lowest BCUT2D eigenvalue weighted by Gasteiger charge is -2.10. The Morgan fingerprint density at radius 1 is 1.11 bits per heavy atom. The lowest BCUT2D eigenvalue weighted by molar-refractivity contribution is 0.630. The number of rotatable bonds is 6. The predicted octanol–water partition coefficient (Wildman–Crippen LogP) is 2.17. The zero-order valence-corrected chi connectivity index (χ0v) is 12.0. The van der Waals surface area contributed by atoms with E-state index in [0.29, 0.717) is 0 Å². The highest BCUT2D eigenvalue weighted by Crippen LogP contribution is 2.12. The monoisotopic (exact) mass is 258 g/mol. The van der Waals surface area contributed by atoms with Crippen molar-refractivity contribution < 1.29 is 0 Å². The second-order valence-electron chi connectivity index (χ2n) is 4.61. The van der Waals surface area contributed by atoms with Crippen molar-refractivity contribution in [3.05, 3.63) is 47.0 Å². The fraction of sp³-hybridized carbons (Fsp3) is 0.467. The van der Waals surface area contributed by atoms with Crippen LogP contribution in [-0.2, 0) is 25.9 Å². The molecule has 0 aliphatic rings. The molecule has 4 nitrogen and oxygen atoms in total. The van der Waals surface area contributed by atoms with E-state index in [1.807, 2.05) is 11.7 Å². The molecular formula is C15H22N4. The van der Waals surface area contributed by atoms with Crippen LogP contribution in [0.4, 0.5) is 0 Å². The van der Waals surface area contributed by atoms with Gasteiger partial charge in [0.25, 0.3) is 0 Å². The molecule has 1 heterocycles. The van der Waals surface area contributed by atoms with Crippen molar-refractivity contribution in [2.45, 2.75) is 39.8 Å². The Hall–Kier alpha value is -1.68. The number of hydrogen-bond donors (Lipinski definition) is 1. The van der Waals surface area contributed by atoms with Crippen LogP contribution in [0.3, 0.4) is 0 Å². The quantitative estimate of drug-likeness (QED) is 0.863. The minimum absolute atomic E-state index is 0.800. The first-order valence-electron chi connectivity index (χ1n) is 6.92. The smallest absolute Gasteiger partial charge is 0.150 e. The van der Waals surface area contributed by atoms with Gasteiger partial charge in [0.15, 0.2) is 5.82 Å². The van der Waals surface area contributed by atoms with Gasteiger partial charge in [-0.25, -0.2) is 9.67 Å². The van der Waals surface area contributed by atoms with Crippen LogP contribution >= 0.6 is 0 Å². The second kappa shape index (κ2) is 6.48. The molecule has 102 valence electrons. The number of aromatic nitrogens is 3. The molecule has 1 aromatic heterocycles. The molecule has 4 heteroatoms. The molecule has 19 heavy (non-hydrogen) atoms. The summed E-state index contributed by atoms with van der Waals surface area (Å²) in [5.74, 6) is 2.00. The fourth-order valence-corrected chi connectivity index (χ4v) is 2.20. The van der Waals surface area contributed by atoms with E-state index in [1.54, 1.807) is 0 Å². The highest BCUT2D eigenvalue weighted by Gasteiger charge is 2.09. The normalized spacial score (nSPS) is 10.9. The van der Waals surface area contributed by atoms with Crippen LogP contribution in [0.2, 0.25) is 0 Å². The predicted molar refractivity (Wildman–Crippen MR) is 77.1 cm³/mol. The van der Waals surface area contributed by atoms with Gasteiger partial charge in [-0.2, -0.15) is 5.10 Å². The van der Waals surface area contributed by atoms with Gasteiger partial charge in [0.2, 0.25) is 0 Å². The summed E-state index contributed by atoms with van der Waals surface area (Å²) < 4.78 is 2.04. The highest BCUT2D eigenvalue weighted by atomic mass is 15.3. The third-order valence-corrected chi connectivity index (χ3v) is 3.23. The van der Waals surface area contributed by atoms with E-state index >= 15 is 0 Å². The number of aryl methyl sites for hydroxylation is 2. The van der Waals surface area contributed by atoms with Crippen molar-refractivity contribution in [3.8, 4) is 0 Å². The Kier molecular flexibility index (Phi) is 4.68. The number of nitrogens with one attached hydrogen (secondary N) is 1. The zero-order chi connectivity index (χ0) is 13.7. The van der Waals surface area contributed by atoms with Crippen LogP contribution in [0.5, 0.6) is 0 Å². The summed E-state index contributed by atoms with van der Waals surface area (Å²) in [7, 11) is 1.97. The van der Waals surface area contributed by atoms with E-state index in [0.717, 1.165) is 37.6 Å². The summed E-state index contributed by atoms with van der Waals surface area (Å²) in [6.45, 7) is 5.90. The Morgan fingerprint density at radius 3 is 2.47 bits per heavy atom. The van der Waals surface area contributed by atoms with Gasteiger partial charge in [-0.05, 0) is 18.2 Å². The number of nitrogens with zero attached hydrogens (tertiary/aromatic N) is 3. The van der Waals surface area contributed by atoms with Gasteiger partial charge in [-0.1, -0.05) is 38.1 Å². The number of hydrogen-bond acceptors (Lipinski definition) is 3. The van der Waals surface area contributed by atoms with Crippen molar-refractivity contribution in [1.29, 1.82) is 0 Å². The lowest BCUT2D eigenvalue weighted by Crippen LogP contribution is -2.12. The average molecular weight is 258 g/mol.